The van der Waals surface area contributed by atoms with Crippen LogP contribution >= 0.6 is 0 Å². The molecule has 3 nitrogen and oxygen atoms in total. The quantitative estimate of drug-likeness (QED) is 0.0823. The maximum atomic E-state index is 13.5. The Morgan fingerprint density at radius 2 is 0.776 bits per heavy atom. The minimum atomic E-state index is -3.57. The molecule has 0 aliphatic heterocycles. The highest BCUT2D eigenvalue weighted by Crippen LogP contribution is 2.29. The lowest BCUT2D eigenvalue weighted by molar-refractivity contribution is 0.111. The van der Waals surface area contributed by atoms with Crippen LogP contribution in [0.2, 0.25) is 0 Å². The van der Waals surface area contributed by atoms with Crippen molar-refractivity contribution in [2.24, 2.45) is 17.8 Å². The summed E-state index contributed by atoms with van der Waals surface area (Å²) >= 11 is 0. The number of benzene rings is 4. The molecule has 0 saturated heterocycles. The van der Waals surface area contributed by atoms with Crippen molar-refractivity contribution in [3.8, 4) is 0 Å². The van der Waals surface area contributed by atoms with Gasteiger partial charge in [0.15, 0.2) is 8.07 Å². The predicted molar refractivity (Wildman–Crippen MR) is 210 cm³/mol. The first-order chi connectivity index (χ1) is 23.1. The van der Waals surface area contributed by atoms with Crippen LogP contribution in [0.4, 0.5) is 0 Å². The highest BCUT2D eigenvalue weighted by Gasteiger charge is 2.47. The van der Waals surface area contributed by atoms with Gasteiger partial charge in [-0.3, -0.25) is 14.4 Å². The minimum absolute atomic E-state index is 0.416. The summed E-state index contributed by atoms with van der Waals surface area (Å²) in [6.07, 6.45) is 5.67. The van der Waals surface area contributed by atoms with E-state index in [1.54, 1.807) is 0 Å². The summed E-state index contributed by atoms with van der Waals surface area (Å²) < 4.78 is 0. The standard InChI is InChI=1S/C45H56O3Si/c1-27(2)18-37-30(7)21-43(40(24-46)33(37)10)49(36-16-14-13-15-17-36,44-22-31(8)38(19-28(3)4)34(11)41(44)25-47)45-23-32(9)39(20-29(5)6)35(12)42(45)26-48/h13-17,21-29H,18-20H2,1-12H3. The molecule has 0 N–H and O–H groups in total. The third-order valence-corrected chi connectivity index (χ3v) is 15.4. The molecule has 0 spiro atoms. The summed E-state index contributed by atoms with van der Waals surface area (Å²) in [5.74, 6) is 1.25. The zero-order valence-corrected chi connectivity index (χ0v) is 32.9. The van der Waals surface area contributed by atoms with E-state index in [0.29, 0.717) is 34.4 Å². The Balaban J connectivity index is 2.44. The Morgan fingerprint density at radius 1 is 0.490 bits per heavy atom. The van der Waals surface area contributed by atoms with Crippen LogP contribution in [0.1, 0.15) is 123 Å². The van der Waals surface area contributed by atoms with E-state index in [2.05, 4.69) is 113 Å². The maximum absolute atomic E-state index is 13.5. The fourth-order valence-corrected chi connectivity index (χ4v) is 14.0. The van der Waals surface area contributed by atoms with Gasteiger partial charge in [0.1, 0.15) is 18.9 Å². The molecular weight excluding hydrogens is 617 g/mol. The van der Waals surface area contributed by atoms with Crippen molar-refractivity contribution in [3.05, 3.63) is 115 Å². The second-order valence-electron chi connectivity index (χ2n) is 15.5. The molecule has 0 saturated carbocycles. The summed E-state index contributed by atoms with van der Waals surface area (Å²) in [6.45, 7) is 25.9. The van der Waals surface area contributed by atoms with E-state index in [1.165, 1.54) is 16.7 Å². The first kappa shape index (κ1) is 37.9. The van der Waals surface area contributed by atoms with Crippen LogP contribution < -0.4 is 20.7 Å². The van der Waals surface area contributed by atoms with Crippen molar-refractivity contribution in [1.29, 1.82) is 0 Å². The zero-order valence-electron chi connectivity index (χ0n) is 31.9. The second-order valence-corrected chi connectivity index (χ2v) is 19.2. The fourth-order valence-electron chi connectivity index (χ4n) is 8.27. The molecule has 0 aromatic heterocycles. The van der Waals surface area contributed by atoms with Crippen LogP contribution in [0.25, 0.3) is 0 Å². The van der Waals surface area contributed by atoms with E-state index in [1.807, 2.05) is 18.2 Å². The monoisotopic (exact) mass is 672 g/mol. The van der Waals surface area contributed by atoms with Gasteiger partial charge in [-0.1, -0.05) is 90.1 Å². The van der Waals surface area contributed by atoms with Gasteiger partial charge in [-0.2, -0.15) is 0 Å². The molecule has 0 unspecified atom stereocenters. The van der Waals surface area contributed by atoms with Crippen LogP contribution in [0, 0.1) is 59.3 Å². The number of aryl methyl sites for hydroxylation is 3. The van der Waals surface area contributed by atoms with Gasteiger partial charge in [0.2, 0.25) is 0 Å². The smallest absolute Gasteiger partial charge is 0.181 e. The molecule has 49 heavy (non-hydrogen) atoms. The fraction of sp³-hybridized carbons (Fsp3) is 0.400. The zero-order chi connectivity index (χ0) is 36.4. The summed E-state index contributed by atoms with van der Waals surface area (Å²) in [5, 5.41) is 3.86. The van der Waals surface area contributed by atoms with Crippen LogP contribution in [0.3, 0.4) is 0 Å². The van der Waals surface area contributed by atoms with E-state index in [-0.39, 0.29) is 0 Å². The molecule has 0 atom stereocenters. The van der Waals surface area contributed by atoms with Gasteiger partial charge in [0.05, 0.1) is 0 Å². The SMILES string of the molecule is Cc1cc([Si](c2ccccc2)(c2cc(C)c(CC(C)C)c(C)c2C=O)c2cc(C)c(CC(C)C)c(C)c2C=O)c(C=O)c(C)c1CC(C)C. The molecule has 0 bridgehead atoms. The highest BCUT2D eigenvalue weighted by molar-refractivity contribution is 7.21. The lowest BCUT2D eigenvalue weighted by atomic mass is 9.91. The van der Waals surface area contributed by atoms with Gasteiger partial charge in [-0.25, -0.2) is 0 Å². The molecule has 4 aromatic rings. The number of hydrogen-bond acceptors (Lipinski definition) is 3. The number of hydrogen-bond donors (Lipinski definition) is 0. The van der Waals surface area contributed by atoms with E-state index in [4.69, 9.17) is 0 Å². The van der Waals surface area contributed by atoms with Gasteiger partial charge in [0.25, 0.3) is 0 Å². The second kappa shape index (κ2) is 15.3. The normalized spacial score (nSPS) is 11.9. The van der Waals surface area contributed by atoms with Crippen LogP contribution in [0.15, 0.2) is 48.5 Å². The first-order valence-electron chi connectivity index (χ1n) is 18.0. The minimum Gasteiger partial charge on any atom is -0.298 e. The van der Waals surface area contributed by atoms with Gasteiger partial charge in [-0.05, 0) is 149 Å². The van der Waals surface area contributed by atoms with E-state index < -0.39 is 8.07 Å². The van der Waals surface area contributed by atoms with Crippen LogP contribution in [-0.2, 0) is 19.3 Å². The van der Waals surface area contributed by atoms with Crippen molar-refractivity contribution in [2.75, 3.05) is 0 Å². The average molecular weight is 673 g/mol. The largest absolute Gasteiger partial charge is 0.298 e. The van der Waals surface area contributed by atoms with Gasteiger partial charge in [-0.15, -0.1) is 0 Å². The van der Waals surface area contributed by atoms with E-state index in [9.17, 15) is 14.4 Å². The molecule has 0 aliphatic carbocycles. The Morgan fingerprint density at radius 3 is 1.02 bits per heavy atom. The number of aldehydes is 3. The summed E-state index contributed by atoms with van der Waals surface area (Å²) in [4.78, 5) is 40.6. The molecule has 0 aliphatic rings. The summed E-state index contributed by atoms with van der Waals surface area (Å²) in [6, 6.07) is 17.1. The van der Waals surface area contributed by atoms with Crippen molar-refractivity contribution in [3.63, 3.8) is 0 Å². The highest BCUT2D eigenvalue weighted by atomic mass is 28.3. The maximum Gasteiger partial charge on any atom is 0.181 e. The third-order valence-electron chi connectivity index (χ3n) is 10.6. The lowest BCUT2D eigenvalue weighted by Crippen LogP contribution is -2.77. The topological polar surface area (TPSA) is 51.2 Å². The van der Waals surface area contributed by atoms with Gasteiger partial charge < -0.3 is 0 Å². The Hall–Kier alpha value is -3.89. The first-order valence-corrected chi connectivity index (χ1v) is 20.0. The molecule has 4 aromatic carbocycles. The molecule has 4 rings (SSSR count). The average Bonchev–Trinajstić information content (AvgIpc) is 3.04. The number of carbonyl (C=O) groups excluding carboxylic acids is 3. The molecule has 4 heteroatoms. The molecule has 0 heterocycles. The Bertz CT molecular complexity index is 1690. The predicted octanol–water partition coefficient (Wildman–Crippen LogP) is 7.95. The number of carbonyl (C=O) groups is 3. The van der Waals surface area contributed by atoms with Crippen molar-refractivity contribution in [2.45, 2.75) is 102 Å². The van der Waals surface area contributed by atoms with E-state index in [0.717, 1.165) is 92.2 Å². The van der Waals surface area contributed by atoms with Crippen LogP contribution in [0.5, 0.6) is 0 Å². The molecule has 0 amide bonds. The van der Waals surface area contributed by atoms with Crippen LogP contribution in [-0.4, -0.2) is 26.9 Å². The molecule has 0 fully saturated rings. The van der Waals surface area contributed by atoms with Crippen molar-refractivity contribution in [1.82, 2.24) is 0 Å². The van der Waals surface area contributed by atoms with Gasteiger partial charge in [0, 0.05) is 16.7 Å². The lowest BCUT2D eigenvalue weighted by Gasteiger charge is -2.39. The van der Waals surface area contributed by atoms with E-state index >= 15 is 0 Å². The van der Waals surface area contributed by atoms with Crippen molar-refractivity contribution >= 4 is 47.7 Å². The Labute approximate surface area is 296 Å². The summed E-state index contributed by atoms with van der Waals surface area (Å²) in [5.41, 5.74) is 12.0. The molecule has 258 valence electrons. The molecular formula is C45H56O3Si. The third kappa shape index (κ3) is 6.95. The van der Waals surface area contributed by atoms with Crippen molar-refractivity contribution < 1.29 is 14.4 Å². The Kier molecular flexibility index (Phi) is 11.9. The summed E-state index contributed by atoms with van der Waals surface area (Å²) in [7, 11) is -3.57. The van der Waals surface area contributed by atoms with Gasteiger partial charge >= 0.3 is 0 Å². The number of rotatable bonds is 13. The molecule has 0 radical (unpaired) electrons.